The number of anilines is 1. The third kappa shape index (κ3) is 24.4. The van der Waals surface area contributed by atoms with Crippen LogP contribution in [0.1, 0.15) is 111 Å². The van der Waals surface area contributed by atoms with Crippen LogP contribution in [-0.2, 0) is 66.8 Å². The first-order chi connectivity index (χ1) is 36.5. The molecule has 5 atom stereocenters. The predicted octanol–water partition coefficient (Wildman–Crippen LogP) is -0.0261. The van der Waals surface area contributed by atoms with Crippen molar-refractivity contribution >= 4 is 64.9 Å². The molecule has 1 aliphatic rings. The number of hydrogen-bond acceptors (Lipinski definition) is 17. The number of carbonyl (C=O) groups excluding carboxylic acids is 10. The Kier molecular flexibility index (Phi) is 26.4. The fourth-order valence-electron chi connectivity index (χ4n) is 6.46. The number of carbonyl (C=O) groups is 10. The lowest BCUT2D eigenvalue weighted by atomic mass is 10.0. The summed E-state index contributed by atoms with van der Waals surface area (Å²) in [7, 11) is 0. The smallest absolute Gasteiger partial charge is 0.408 e. The van der Waals surface area contributed by atoms with Crippen LogP contribution in [0, 0.1) is 0 Å². The van der Waals surface area contributed by atoms with E-state index in [4.69, 9.17) is 33.2 Å². The van der Waals surface area contributed by atoms with Crippen molar-refractivity contribution < 1.29 is 81.1 Å². The number of fused-ring (bicyclic) bond motifs is 1. The van der Waals surface area contributed by atoms with Gasteiger partial charge in [0.15, 0.2) is 11.5 Å². The van der Waals surface area contributed by atoms with Gasteiger partial charge >= 0.3 is 6.09 Å². The summed E-state index contributed by atoms with van der Waals surface area (Å²) in [4.78, 5) is 131. The number of nitrogens with one attached hydrogen (secondary N) is 10. The van der Waals surface area contributed by atoms with Crippen LogP contribution in [0.4, 0.5) is 10.5 Å². The molecule has 0 spiro atoms. The van der Waals surface area contributed by atoms with Gasteiger partial charge in [0, 0.05) is 11.8 Å². The van der Waals surface area contributed by atoms with Gasteiger partial charge in [-0.3, -0.25) is 43.2 Å². The van der Waals surface area contributed by atoms with E-state index >= 15 is 0 Å². The Labute approximate surface area is 462 Å². The van der Waals surface area contributed by atoms with Crippen molar-refractivity contribution in [2.45, 2.75) is 169 Å². The maximum atomic E-state index is 13.4. The summed E-state index contributed by atoms with van der Waals surface area (Å²) in [5.41, 5.74) is -6.92. The first-order valence-electron chi connectivity index (χ1n) is 26.0. The van der Waals surface area contributed by atoms with Crippen molar-refractivity contribution in [3.05, 3.63) is 18.2 Å². The zero-order valence-corrected chi connectivity index (χ0v) is 48.6. The quantitative estimate of drug-likeness (QED) is 0.0870. The van der Waals surface area contributed by atoms with Crippen LogP contribution < -0.4 is 62.6 Å². The minimum Gasteiger partial charge on any atom is -0.487 e. The highest BCUT2D eigenvalue weighted by atomic mass is 16.6. The molecule has 1 aliphatic heterocycles. The van der Waals surface area contributed by atoms with E-state index in [1.807, 2.05) is 0 Å². The van der Waals surface area contributed by atoms with Gasteiger partial charge in [0.05, 0.1) is 52.9 Å². The molecule has 1 aromatic rings. The van der Waals surface area contributed by atoms with Crippen molar-refractivity contribution in [3.63, 3.8) is 0 Å². The molecular formula is C52H86N10O17. The fraction of sp³-hybridized carbons (Fsp3) is 0.692. The molecule has 0 unspecified atom stereocenters. The average molecular weight is 1120 g/mol. The molecule has 1 aromatic carbocycles. The molecule has 0 saturated heterocycles. The van der Waals surface area contributed by atoms with Crippen molar-refractivity contribution in [2.75, 3.05) is 71.4 Å². The molecule has 0 bridgehead atoms. The van der Waals surface area contributed by atoms with Crippen LogP contribution in [0.15, 0.2) is 18.2 Å². The molecule has 10 amide bonds. The fourth-order valence-corrected chi connectivity index (χ4v) is 6.46. The molecule has 0 radical (unpaired) electrons. The molecule has 27 nitrogen and oxygen atoms in total. The minimum atomic E-state index is -1.66. The topological polar surface area (TPSA) is 356 Å². The van der Waals surface area contributed by atoms with Gasteiger partial charge in [-0.2, -0.15) is 0 Å². The van der Waals surface area contributed by atoms with E-state index in [0.717, 1.165) is 0 Å². The number of rotatable bonds is 19. The van der Waals surface area contributed by atoms with Gasteiger partial charge in [-0.15, -0.1) is 0 Å². The summed E-state index contributed by atoms with van der Waals surface area (Å²) >= 11 is 0. The van der Waals surface area contributed by atoms with Gasteiger partial charge in [-0.25, -0.2) is 4.79 Å². The highest BCUT2D eigenvalue weighted by Crippen LogP contribution is 2.31. The van der Waals surface area contributed by atoms with E-state index < -0.39 is 117 Å². The number of ether oxygens (including phenoxy) is 7. The van der Waals surface area contributed by atoms with Gasteiger partial charge in [0.1, 0.15) is 71.2 Å². The molecule has 1 heterocycles. The third-order valence-electron chi connectivity index (χ3n) is 11.4. The minimum absolute atomic E-state index is 0.170. The highest BCUT2D eigenvalue weighted by Gasteiger charge is 2.39. The number of benzene rings is 1. The zero-order valence-electron chi connectivity index (χ0n) is 48.6. The van der Waals surface area contributed by atoms with Gasteiger partial charge in [-0.1, -0.05) is 0 Å². The Balaban J connectivity index is 1.92. The molecule has 2 rings (SSSR count). The molecular weight excluding hydrogens is 1040 g/mol. The molecule has 446 valence electrons. The maximum Gasteiger partial charge on any atom is 0.408 e. The van der Waals surface area contributed by atoms with E-state index in [1.165, 1.54) is 90.0 Å². The standard InChI is InChI=1S/C52H86N10O17/c1-30(38(63)58-35-17-18-36-37(29-35)78-28-26-76-24-22-74-20-19-73-21-23-75-25-27-77-36)53-43(68)49(9,10)59-39(64)31(2)54-44(69)50(11,12)60-40(65)32(3)55-45(70)51(13,14)61-41(66)33(4)56-46(71)52(15,16)62-42(67)34(5)57-47(72)79-48(6,7)8/h17-18,29-34H,19-28H2,1-16H3,(H,53,68)(H,54,69)(H,55,70)(H,56,71)(H,57,72)(H,58,63)(H,59,64)(H,60,65)(H,61,66)(H,62,67)/t30-,31-,32-,33-,34-/m0/s1. The van der Waals surface area contributed by atoms with Crippen LogP contribution >= 0.6 is 0 Å². The van der Waals surface area contributed by atoms with Crippen LogP contribution in [-0.4, -0.2) is 183 Å². The van der Waals surface area contributed by atoms with Crippen LogP contribution in [0.5, 0.6) is 11.5 Å². The molecule has 0 aromatic heterocycles. The zero-order chi connectivity index (χ0) is 60.1. The molecule has 0 aliphatic carbocycles. The first-order valence-corrected chi connectivity index (χ1v) is 26.0. The second-order valence-electron chi connectivity index (χ2n) is 21.9. The molecule has 79 heavy (non-hydrogen) atoms. The maximum absolute atomic E-state index is 13.4. The second-order valence-corrected chi connectivity index (χ2v) is 21.9. The van der Waals surface area contributed by atoms with E-state index in [0.29, 0.717) is 63.4 Å². The largest absolute Gasteiger partial charge is 0.487 e. The van der Waals surface area contributed by atoms with Crippen LogP contribution in [0.2, 0.25) is 0 Å². The number of alkyl carbamates (subject to hydrolysis) is 1. The monoisotopic (exact) mass is 1120 g/mol. The van der Waals surface area contributed by atoms with Crippen molar-refractivity contribution in [1.82, 2.24) is 47.9 Å². The van der Waals surface area contributed by atoms with E-state index in [9.17, 15) is 47.9 Å². The van der Waals surface area contributed by atoms with E-state index in [1.54, 1.807) is 39.0 Å². The Morgan fingerprint density at radius 1 is 0.392 bits per heavy atom. The van der Waals surface area contributed by atoms with Crippen LogP contribution in [0.3, 0.4) is 0 Å². The lowest BCUT2D eigenvalue weighted by Gasteiger charge is -2.32. The first kappa shape index (κ1) is 68.3. The average Bonchev–Trinajstić information content (AvgIpc) is 3.32. The lowest BCUT2D eigenvalue weighted by molar-refractivity contribution is -0.138. The van der Waals surface area contributed by atoms with Crippen molar-refractivity contribution in [2.24, 2.45) is 0 Å². The predicted molar refractivity (Wildman–Crippen MR) is 287 cm³/mol. The van der Waals surface area contributed by atoms with Crippen molar-refractivity contribution in [1.29, 1.82) is 0 Å². The summed E-state index contributed by atoms with van der Waals surface area (Å²) < 4.78 is 39.0. The van der Waals surface area contributed by atoms with E-state index in [-0.39, 0.29) is 19.8 Å². The molecule has 27 heteroatoms. The van der Waals surface area contributed by atoms with E-state index in [2.05, 4.69) is 53.2 Å². The van der Waals surface area contributed by atoms with Gasteiger partial charge in [0.25, 0.3) is 0 Å². The SMILES string of the molecule is C[C@H](NC(=O)OC(C)(C)C)C(=O)NC(C)(C)C(=O)N[C@@H](C)C(=O)NC(C)(C)C(=O)N[C@@H](C)C(=O)NC(C)(C)C(=O)N[C@@H](C)C(=O)NC(C)(C)C(=O)N[C@@H](C)C(=O)Nc1ccc2c(c1)OCCOCCOCCOCCOCCO2. The summed E-state index contributed by atoms with van der Waals surface area (Å²) in [5, 5.41) is 25.3. The van der Waals surface area contributed by atoms with Gasteiger partial charge < -0.3 is 86.3 Å². The Hall–Kier alpha value is -6.84. The van der Waals surface area contributed by atoms with Gasteiger partial charge in [0.2, 0.25) is 53.2 Å². The molecule has 0 saturated carbocycles. The Bertz CT molecular complexity index is 2300. The summed E-state index contributed by atoms with van der Waals surface area (Å²) in [6.07, 6.45) is -0.835. The summed E-state index contributed by atoms with van der Waals surface area (Å²) in [6.45, 7) is 26.2. The lowest BCUT2D eigenvalue weighted by Crippen LogP contribution is -2.65. The Morgan fingerprint density at radius 2 is 0.671 bits per heavy atom. The number of hydrogen-bond donors (Lipinski definition) is 10. The normalized spacial score (nSPS) is 16.4. The Morgan fingerprint density at radius 3 is 0.987 bits per heavy atom. The third-order valence-corrected chi connectivity index (χ3v) is 11.4. The highest BCUT2D eigenvalue weighted by molar-refractivity contribution is 6.01. The second kappa shape index (κ2) is 30.5. The number of amides is 10. The molecule has 10 N–H and O–H groups in total. The molecule has 0 fully saturated rings. The summed E-state index contributed by atoms with van der Waals surface area (Å²) in [5.74, 6) is -6.02. The summed E-state index contributed by atoms with van der Waals surface area (Å²) in [6, 6.07) is -1.10. The van der Waals surface area contributed by atoms with Crippen molar-refractivity contribution in [3.8, 4) is 11.5 Å². The van der Waals surface area contributed by atoms with Gasteiger partial charge in [-0.05, 0) is 123 Å². The van der Waals surface area contributed by atoms with Crippen LogP contribution in [0.25, 0.3) is 0 Å².